The van der Waals surface area contributed by atoms with Gasteiger partial charge in [-0.2, -0.15) is 18.4 Å². The van der Waals surface area contributed by atoms with Crippen LogP contribution in [0.5, 0.6) is 0 Å². The fourth-order valence-corrected chi connectivity index (χ4v) is 1.19. The molecule has 0 saturated heterocycles. The number of rotatable bonds is 1. The average Bonchev–Trinajstić information content (AvgIpc) is 2.17. The third-order valence-corrected chi connectivity index (χ3v) is 1.83. The molecule has 0 aliphatic heterocycles. The number of benzene rings is 1. The number of hydrogen-bond donors (Lipinski definition) is 0. The van der Waals surface area contributed by atoms with Crippen molar-refractivity contribution in [3.8, 4) is 6.07 Å². The molecule has 1 nitrogen and oxygen atoms in total. The van der Waals surface area contributed by atoms with Gasteiger partial charge in [0.1, 0.15) is 0 Å². The molecule has 0 aliphatic rings. The molecule has 0 saturated carbocycles. The van der Waals surface area contributed by atoms with Gasteiger partial charge in [0.2, 0.25) is 0 Å². The van der Waals surface area contributed by atoms with Gasteiger partial charge in [-0.3, -0.25) is 0 Å². The molecule has 0 N–H and O–H groups in total. The smallest absolute Gasteiger partial charge is 0.192 e. The summed E-state index contributed by atoms with van der Waals surface area (Å²) in [7, 11) is 0. The normalized spacial score (nSPS) is 11.7. The summed E-state index contributed by atoms with van der Waals surface area (Å²) in [5, 5.41) is 8.53. The van der Waals surface area contributed by atoms with Crippen LogP contribution in [0.25, 0.3) is 6.08 Å². The number of alkyl halides is 3. The van der Waals surface area contributed by atoms with Crippen molar-refractivity contribution in [2.45, 2.75) is 13.1 Å². The van der Waals surface area contributed by atoms with Crippen molar-refractivity contribution in [3.05, 3.63) is 41.0 Å². The molecule has 78 valence electrons. The molecular formula is C11H8F3N. The lowest BCUT2D eigenvalue weighted by atomic mass is 10.0. The Morgan fingerprint density at radius 2 is 2.00 bits per heavy atom. The largest absolute Gasteiger partial charge is 0.417 e. The predicted molar refractivity (Wildman–Crippen MR) is 50.9 cm³/mol. The molecule has 0 unspecified atom stereocenters. The van der Waals surface area contributed by atoms with Gasteiger partial charge < -0.3 is 0 Å². The molecule has 0 bridgehead atoms. The van der Waals surface area contributed by atoms with Gasteiger partial charge in [0, 0.05) is 0 Å². The van der Waals surface area contributed by atoms with Crippen LogP contribution in [-0.4, -0.2) is 0 Å². The Balaban J connectivity index is 3.33. The second-order valence-electron chi connectivity index (χ2n) is 2.91. The Morgan fingerprint density at radius 1 is 1.33 bits per heavy atom. The molecule has 0 aromatic heterocycles. The minimum Gasteiger partial charge on any atom is -0.192 e. The maximum Gasteiger partial charge on any atom is 0.417 e. The second-order valence-corrected chi connectivity index (χ2v) is 2.91. The zero-order chi connectivity index (χ0) is 11.5. The molecule has 4 heteroatoms. The highest BCUT2D eigenvalue weighted by atomic mass is 19.4. The van der Waals surface area contributed by atoms with Gasteiger partial charge in [0.15, 0.2) is 0 Å². The van der Waals surface area contributed by atoms with E-state index in [1.54, 1.807) is 19.1 Å². The molecule has 0 aliphatic carbocycles. The molecule has 0 radical (unpaired) electrons. The minimum absolute atomic E-state index is 0.351. The van der Waals surface area contributed by atoms with E-state index in [9.17, 15) is 13.2 Å². The fraction of sp³-hybridized carbons (Fsp3) is 0.182. The SMILES string of the molecule is CC=Cc1ccc(C#N)c(C(F)(F)F)c1. The van der Waals surface area contributed by atoms with Crippen molar-refractivity contribution in [1.29, 1.82) is 5.26 Å². The lowest BCUT2D eigenvalue weighted by molar-refractivity contribution is -0.137. The van der Waals surface area contributed by atoms with E-state index in [-0.39, 0.29) is 5.56 Å². The van der Waals surface area contributed by atoms with E-state index in [1.165, 1.54) is 18.2 Å². The van der Waals surface area contributed by atoms with Crippen LogP contribution < -0.4 is 0 Å². The first-order valence-corrected chi connectivity index (χ1v) is 4.23. The van der Waals surface area contributed by atoms with E-state index in [0.717, 1.165) is 6.07 Å². The maximum absolute atomic E-state index is 12.5. The van der Waals surface area contributed by atoms with Crippen LogP contribution >= 0.6 is 0 Å². The molecule has 0 amide bonds. The molecule has 1 aromatic rings. The molecule has 0 spiro atoms. The van der Waals surface area contributed by atoms with Gasteiger partial charge in [-0.05, 0) is 24.6 Å². The van der Waals surface area contributed by atoms with Gasteiger partial charge in [-0.1, -0.05) is 18.2 Å². The van der Waals surface area contributed by atoms with E-state index in [0.29, 0.717) is 5.56 Å². The number of nitrogens with zero attached hydrogens (tertiary/aromatic N) is 1. The first-order valence-electron chi connectivity index (χ1n) is 4.23. The Kier molecular flexibility index (Phi) is 3.15. The van der Waals surface area contributed by atoms with E-state index < -0.39 is 11.7 Å². The van der Waals surface area contributed by atoms with Gasteiger partial charge >= 0.3 is 6.18 Å². The van der Waals surface area contributed by atoms with E-state index in [2.05, 4.69) is 0 Å². The standard InChI is InChI=1S/C11H8F3N/c1-2-3-8-4-5-9(7-15)10(6-8)11(12,13)14/h2-6H,1H3. The number of allylic oxidation sites excluding steroid dienone is 1. The van der Waals surface area contributed by atoms with Crippen LogP contribution in [0.2, 0.25) is 0 Å². The van der Waals surface area contributed by atoms with Crippen LogP contribution in [-0.2, 0) is 6.18 Å². The molecule has 15 heavy (non-hydrogen) atoms. The summed E-state index contributed by atoms with van der Waals surface area (Å²) in [5.74, 6) is 0. The summed E-state index contributed by atoms with van der Waals surface area (Å²) in [5.41, 5.74) is -0.805. The van der Waals surface area contributed by atoms with Gasteiger partial charge in [0.05, 0.1) is 17.2 Å². The van der Waals surface area contributed by atoms with Crippen LogP contribution in [0.4, 0.5) is 13.2 Å². The summed E-state index contributed by atoms with van der Waals surface area (Å²) >= 11 is 0. The molecular weight excluding hydrogens is 203 g/mol. The predicted octanol–water partition coefficient (Wildman–Crippen LogP) is 3.61. The first-order chi connectivity index (χ1) is 6.99. The lowest BCUT2D eigenvalue weighted by Gasteiger charge is -2.09. The highest BCUT2D eigenvalue weighted by Crippen LogP contribution is 2.32. The van der Waals surface area contributed by atoms with Crippen LogP contribution in [0.15, 0.2) is 24.3 Å². The Hall–Kier alpha value is -1.76. The molecule has 1 aromatic carbocycles. The van der Waals surface area contributed by atoms with Crippen molar-refractivity contribution in [3.63, 3.8) is 0 Å². The highest BCUT2D eigenvalue weighted by molar-refractivity contribution is 5.54. The van der Waals surface area contributed by atoms with Crippen molar-refractivity contribution in [2.24, 2.45) is 0 Å². The van der Waals surface area contributed by atoms with Gasteiger partial charge in [-0.15, -0.1) is 0 Å². The number of halogens is 3. The second kappa shape index (κ2) is 4.18. The minimum atomic E-state index is -4.48. The monoisotopic (exact) mass is 211 g/mol. The molecule has 1 rings (SSSR count). The van der Waals surface area contributed by atoms with Crippen molar-refractivity contribution in [2.75, 3.05) is 0 Å². The summed E-state index contributed by atoms with van der Waals surface area (Å²) in [4.78, 5) is 0. The average molecular weight is 211 g/mol. The Morgan fingerprint density at radius 3 is 2.47 bits per heavy atom. The van der Waals surface area contributed by atoms with Crippen molar-refractivity contribution < 1.29 is 13.2 Å². The van der Waals surface area contributed by atoms with Crippen LogP contribution in [0, 0.1) is 11.3 Å². The molecule has 0 atom stereocenters. The van der Waals surface area contributed by atoms with E-state index in [1.807, 2.05) is 0 Å². The highest BCUT2D eigenvalue weighted by Gasteiger charge is 2.33. The van der Waals surface area contributed by atoms with Gasteiger partial charge in [-0.25, -0.2) is 0 Å². The van der Waals surface area contributed by atoms with Crippen LogP contribution in [0.3, 0.4) is 0 Å². The summed E-state index contributed by atoms with van der Waals surface area (Å²) in [6, 6.07) is 5.16. The first kappa shape index (κ1) is 11.3. The number of nitriles is 1. The zero-order valence-corrected chi connectivity index (χ0v) is 7.97. The van der Waals surface area contributed by atoms with E-state index >= 15 is 0 Å². The lowest BCUT2D eigenvalue weighted by Crippen LogP contribution is -2.07. The summed E-state index contributed by atoms with van der Waals surface area (Å²) < 4.78 is 37.4. The quantitative estimate of drug-likeness (QED) is 0.696. The molecule has 0 fully saturated rings. The summed E-state index contributed by atoms with van der Waals surface area (Å²) in [6.07, 6.45) is -1.29. The Labute approximate surface area is 85.5 Å². The Bertz CT molecular complexity index is 424. The molecule has 0 heterocycles. The van der Waals surface area contributed by atoms with Crippen molar-refractivity contribution in [1.82, 2.24) is 0 Å². The van der Waals surface area contributed by atoms with Gasteiger partial charge in [0.25, 0.3) is 0 Å². The summed E-state index contributed by atoms with van der Waals surface area (Å²) in [6.45, 7) is 1.71. The number of hydrogen-bond acceptors (Lipinski definition) is 1. The maximum atomic E-state index is 12.5. The van der Waals surface area contributed by atoms with Crippen LogP contribution in [0.1, 0.15) is 23.6 Å². The van der Waals surface area contributed by atoms with E-state index in [4.69, 9.17) is 5.26 Å². The topological polar surface area (TPSA) is 23.8 Å². The zero-order valence-electron chi connectivity index (χ0n) is 7.97. The van der Waals surface area contributed by atoms with Crippen molar-refractivity contribution >= 4 is 6.08 Å². The third-order valence-electron chi connectivity index (χ3n) is 1.83. The fourth-order valence-electron chi connectivity index (χ4n) is 1.19. The third kappa shape index (κ3) is 2.59.